The van der Waals surface area contributed by atoms with Gasteiger partial charge in [-0.1, -0.05) is 29.1 Å². The second-order valence-corrected chi connectivity index (χ2v) is 7.66. The van der Waals surface area contributed by atoms with E-state index in [1.807, 2.05) is 32.0 Å². The van der Waals surface area contributed by atoms with Gasteiger partial charge in [0.05, 0.1) is 36.5 Å². The van der Waals surface area contributed by atoms with Gasteiger partial charge in [0.25, 0.3) is 5.56 Å². The van der Waals surface area contributed by atoms with E-state index in [1.54, 1.807) is 43.1 Å². The van der Waals surface area contributed by atoms with Gasteiger partial charge in [-0.05, 0) is 26.0 Å². The third kappa shape index (κ3) is 3.66. The van der Waals surface area contributed by atoms with Gasteiger partial charge in [-0.15, -0.1) is 0 Å². The van der Waals surface area contributed by atoms with Crippen LogP contribution in [0.1, 0.15) is 17.0 Å². The maximum Gasteiger partial charge on any atom is 0.266 e. The number of rotatable bonds is 6. The molecule has 0 amide bonds. The summed E-state index contributed by atoms with van der Waals surface area (Å²) in [5.74, 6) is 2.52. The topological polar surface area (TPSA) is 79.4 Å². The molecule has 0 fully saturated rings. The largest absolute Gasteiger partial charge is 0.497 e. The summed E-state index contributed by atoms with van der Waals surface area (Å²) in [5, 5.41) is 5.12. The van der Waals surface area contributed by atoms with Crippen LogP contribution in [0.25, 0.3) is 16.6 Å². The minimum atomic E-state index is -0.155. The Bertz CT molecular complexity index is 1240. The molecule has 0 aliphatic rings. The molecule has 0 bridgehead atoms. The lowest BCUT2D eigenvalue weighted by Gasteiger charge is -2.15. The number of fused-ring (bicyclic) bond motifs is 1. The Morgan fingerprint density at radius 2 is 1.77 bits per heavy atom. The molecule has 2 heterocycles. The highest BCUT2D eigenvalue weighted by Gasteiger charge is 2.17. The molecule has 7 nitrogen and oxygen atoms in total. The smallest absolute Gasteiger partial charge is 0.266 e. The Balaban J connectivity index is 1.90. The van der Waals surface area contributed by atoms with Gasteiger partial charge in [0.2, 0.25) is 0 Å². The lowest BCUT2D eigenvalue weighted by Crippen LogP contribution is -2.22. The molecule has 30 heavy (non-hydrogen) atoms. The number of aryl methyl sites for hydroxylation is 2. The quantitative estimate of drug-likeness (QED) is 0.338. The molecule has 0 aliphatic carbocycles. The SMILES string of the molecule is COc1cc(OC)cc(-n2c(SCc3c(C)noc3C)nc3ccccc3c2=O)c1. The average Bonchev–Trinajstić information content (AvgIpc) is 3.09. The van der Waals surface area contributed by atoms with Crippen molar-refractivity contribution in [2.75, 3.05) is 14.2 Å². The van der Waals surface area contributed by atoms with Crippen LogP contribution >= 0.6 is 11.8 Å². The molecule has 0 spiro atoms. The molecule has 4 rings (SSSR count). The Morgan fingerprint density at radius 3 is 2.40 bits per heavy atom. The molecule has 0 saturated carbocycles. The molecule has 154 valence electrons. The standard InChI is InChI=1S/C22H21N3O4S/c1-13-19(14(2)29-24-13)12-30-22-23-20-8-6-5-7-18(20)21(26)25(22)15-9-16(27-3)11-17(10-15)28-4/h5-11H,12H2,1-4H3. The number of aromatic nitrogens is 3. The lowest BCUT2D eigenvalue weighted by atomic mass is 10.2. The molecule has 2 aromatic heterocycles. The summed E-state index contributed by atoms with van der Waals surface area (Å²) in [5.41, 5.74) is 2.94. The van der Waals surface area contributed by atoms with Crippen LogP contribution in [-0.4, -0.2) is 28.9 Å². The Kier molecular flexibility index (Phi) is 5.50. The van der Waals surface area contributed by atoms with Crippen LogP contribution in [0.2, 0.25) is 0 Å². The van der Waals surface area contributed by atoms with E-state index in [1.165, 1.54) is 11.8 Å². The number of thioether (sulfide) groups is 1. The fraction of sp³-hybridized carbons (Fsp3) is 0.227. The summed E-state index contributed by atoms with van der Waals surface area (Å²) >= 11 is 1.45. The lowest BCUT2D eigenvalue weighted by molar-refractivity contribution is 0.392. The Morgan fingerprint density at radius 1 is 1.07 bits per heavy atom. The molecule has 0 N–H and O–H groups in total. The zero-order chi connectivity index (χ0) is 21.3. The first-order valence-corrected chi connectivity index (χ1v) is 10.3. The van der Waals surface area contributed by atoms with Crippen molar-refractivity contribution < 1.29 is 14.0 Å². The van der Waals surface area contributed by atoms with Crippen molar-refractivity contribution in [3.8, 4) is 17.2 Å². The third-order valence-corrected chi connectivity index (χ3v) is 5.83. The number of benzene rings is 2. The molecular weight excluding hydrogens is 402 g/mol. The minimum Gasteiger partial charge on any atom is -0.497 e. The van der Waals surface area contributed by atoms with E-state index in [0.29, 0.717) is 39.0 Å². The van der Waals surface area contributed by atoms with Crippen molar-refractivity contribution in [1.29, 1.82) is 0 Å². The first-order chi connectivity index (χ1) is 14.5. The van der Waals surface area contributed by atoms with Crippen LogP contribution < -0.4 is 15.0 Å². The van der Waals surface area contributed by atoms with Crippen LogP contribution in [0, 0.1) is 13.8 Å². The van der Waals surface area contributed by atoms with Gasteiger partial charge in [0, 0.05) is 29.5 Å². The number of para-hydroxylation sites is 1. The number of ether oxygens (including phenoxy) is 2. The van der Waals surface area contributed by atoms with Crippen molar-refractivity contribution in [1.82, 2.24) is 14.7 Å². The molecule has 0 aliphatic heterocycles. The van der Waals surface area contributed by atoms with Crippen LogP contribution in [0.4, 0.5) is 0 Å². The van der Waals surface area contributed by atoms with Crippen LogP contribution in [0.3, 0.4) is 0 Å². The normalized spacial score (nSPS) is 11.1. The summed E-state index contributed by atoms with van der Waals surface area (Å²) in [4.78, 5) is 18.2. The van der Waals surface area contributed by atoms with Gasteiger partial charge in [-0.3, -0.25) is 9.36 Å². The minimum absolute atomic E-state index is 0.155. The van der Waals surface area contributed by atoms with Gasteiger partial charge in [0.15, 0.2) is 5.16 Å². The molecule has 0 saturated heterocycles. The maximum atomic E-state index is 13.4. The number of methoxy groups -OCH3 is 2. The van der Waals surface area contributed by atoms with E-state index in [9.17, 15) is 4.79 Å². The molecule has 2 aromatic carbocycles. The summed E-state index contributed by atoms with van der Waals surface area (Å²) in [6.07, 6.45) is 0. The highest BCUT2D eigenvalue weighted by Crippen LogP contribution is 2.30. The summed E-state index contributed by atoms with van der Waals surface area (Å²) < 4.78 is 17.6. The van der Waals surface area contributed by atoms with E-state index in [4.69, 9.17) is 19.0 Å². The Labute approximate surface area is 177 Å². The molecule has 0 radical (unpaired) electrons. The second-order valence-electron chi connectivity index (χ2n) is 6.71. The van der Waals surface area contributed by atoms with Crippen molar-refractivity contribution >= 4 is 22.7 Å². The van der Waals surface area contributed by atoms with Gasteiger partial charge >= 0.3 is 0 Å². The first kappa shape index (κ1) is 20.0. The van der Waals surface area contributed by atoms with E-state index in [2.05, 4.69) is 5.16 Å². The van der Waals surface area contributed by atoms with Gasteiger partial charge in [-0.2, -0.15) is 0 Å². The first-order valence-electron chi connectivity index (χ1n) is 9.31. The number of hydrogen-bond acceptors (Lipinski definition) is 7. The third-order valence-electron chi connectivity index (χ3n) is 4.87. The highest BCUT2D eigenvalue weighted by atomic mass is 32.2. The van der Waals surface area contributed by atoms with E-state index in [-0.39, 0.29) is 5.56 Å². The van der Waals surface area contributed by atoms with E-state index in [0.717, 1.165) is 17.0 Å². The predicted octanol–water partition coefficient (Wildman–Crippen LogP) is 4.30. The van der Waals surface area contributed by atoms with Gasteiger partial charge < -0.3 is 14.0 Å². The van der Waals surface area contributed by atoms with Crippen molar-refractivity contribution in [3.05, 3.63) is 69.8 Å². The number of hydrogen-bond donors (Lipinski definition) is 0. The van der Waals surface area contributed by atoms with E-state index >= 15 is 0 Å². The predicted molar refractivity (Wildman–Crippen MR) is 116 cm³/mol. The van der Waals surface area contributed by atoms with Crippen LogP contribution in [0.5, 0.6) is 11.5 Å². The molecular formula is C22H21N3O4S. The fourth-order valence-electron chi connectivity index (χ4n) is 3.20. The summed E-state index contributed by atoms with van der Waals surface area (Å²) in [6, 6.07) is 12.7. The van der Waals surface area contributed by atoms with Crippen molar-refractivity contribution in [2.24, 2.45) is 0 Å². The second kappa shape index (κ2) is 8.23. The molecule has 4 aromatic rings. The molecule has 0 unspecified atom stereocenters. The van der Waals surface area contributed by atoms with Gasteiger partial charge in [-0.25, -0.2) is 4.98 Å². The van der Waals surface area contributed by atoms with Crippen molar-refractivity contribution in [3.63, 3.8) is 0 Å². The monoisotopic (exact) mass is 423 g/mol. The zero-order valence-corrected chi connectivity index (χ0v) is 17.9. The van der Waals surface area contributed by atoms with Crippen molar-refractivity contribution in [2.45, 2.75) is 24.8 Å². The highest BCUT2D eigenvalue weighted by molar-refractivity contribution is 7.98. The van der Waals surface area contributed by atoms with E-state index < -0.39 is 0 Å². The summed E-state index contributed by atoms with van der Waals surface area (Å²) in [6.45, 7) is 3.78. The average molecular weight is 423 g/mol. The van der Waals surface area contributed by atoms with Gasteiger partial charge in [0.1, 0.15) is 17.3 Å². The maximum absolute atomic E-state index is 13.4. The molecule has 8 heteroatoms. The molecule has 0 atom stereocenters. The Hall–Kier alpha value is -3.26. The van der Waals surface area contributed by atoms with Crippen LogP contribution in [0.15, 0.2) is 56.9 Å². The summed E-state index contributed by atoms with van der Waals surface area (Å²) in [7, 11) is 3.15. The van der Waals surface area contributed by atoms with Crippen LogP contribution in [-0.2, 0) is 5.75 Å². The fourth-order valence-corrected chi connectivity index (χ4v) is 4.37. The number of nitrogens with zero attached hydrogens (tertiary/aromatic N) is 3. The zero-order valence-electron chi connectivity index (χ0n) is 17.1.